The molecule has 1 amide bonds. The molecule has 0 saturated heterocycles. The van der Waals surface area contributed by atoms with Crippen molar-refractivity contribution in [2.45, 2.75) is 53.0 Å². The molecule has 2 rings (SSSR count). The molecule has 0 aromatic heterocycles. The van der Waals surface area contributed by atoms with E-state index < -0.39 is 0 Å². The van der Waals surface area contributed by atoms with Gasteiger partial charge in [0.1, 0.15) is 0 Å². The predicted octanol–water partition coefficient (Wildman–Crippen LogP) is 2.96. The van der Waals surface area contributed by atoms with E-state index in [1.54, 1.807) is 0 Å². The molecule has 0 bridgehead atoms. The van der Waals surface area contributed by atoms with Crippen LogP contribution in [-0.4, -0.2) is 37.5 Å². The van der Waals surface area contributed by atoms with Crippen molar-refractivity contribution in [3.63, 3.8) is 0 Å². The third-order valence-corrected chi connectivity index (χ3v) is 4.72. The Balaban J connectivity index is 1.81. The number of amides is 1. The van der Waals surface area contributed by atoms with E-state index in [0.717, 1.165) is 37.6 Å². The third-order valence-electron chi connectivity index (χ3n) is 4.72. The van der Waals surface area contributed by atoms with Gasteiger partial charge in [-0.25, -0.2) is 0 Å². The molecule has 1 aromatic rings. The number of fused-ring (bicyclic) bond motifs is 1. The molecule has 0 saturated carbocycles. The first kappa shape index (κ1) is 19.3. The molecule has 5 nitrogen and oxygen atoms in total. The second kappa shape index (κ2) is 9.44. The van der Waals surface area contributed by atoms with Gasteiger partial charge in [-0.3, -0.25) is 9.79 Å². The molecule has 0 fully saturated rings. The fraction of sp³-hybridized carbons (Fsp3) is 0.600. The van der Waals surface area contributed by atoms with Gasteiger partial charge in [0.15, 0.2) is 5.96 Å². The predicted molar refractivity (Wildman–Crippen MR) is 105 cm³/mol. The highest BCUT2D eigenvalue weighted by molar-refractivity contribution is 5.95. The largest absolute Gasteiger partial charge is 0.357 e. The average molecular weight is 345 g/mol. The maximum Gasteiger partial charge on any atom is 0.227 e. The number of hydrogen-bond donors (Lipinski definition) is 2. The Labute approximate surface area is 151 Å². The lowest BCUT2D eigenvalue weighted by Gasteiger charge is -2.20. The first-order chi connectivity index (χ1) is 12.0. The first-order valence-electron chi connectivity index (χ1n) is 9.46. The molecule has 1 aliphatic rings. The molecule has 1 aromatic carbocycles. The summed E-state index contributed by atoms with van der Waals surface area (Å²) in [6.45, 7) is 10.9. The highest BCUT2D eigenvalue weighted by Crippen LogP contribution is 2.27. The van der Waals surface area contributed by atoms with E-state index in [1.165, 1.54) is 5.56 Å². The number of rotatable bonds is 7. The van der Waals surface area contributed by atoms with Gasteiger partial charge in [-0.1, -0.05) is 32.0 Å². The van der Waals surface area contributed by atoms with Crippen LogP contribution in [0, 0.1) is 5.92 Å². The Morgan fingerprint density at radius 2 is 2.04 bits per heavy atom. The fourth-order valence-corrected chi connectivity index (χ4v) is 2.86. The van der Waals surface area contributed by atoms with Crippen LogP contribution in [0.3, 0.4) is 0 Å². The van der Waals surface area contributed by atoms with Crippen LogP contribution < -0.4 is 15.5 Å². The SMILES string of the molecule is CCNC(=NCCCC(=O)N1CCc2ccccc21)NC(C)C(C)C. The summed E-state index contributed by atoms with van der Waals surface area (Å²) in [7, 11) is 0. The third kappa shape index (κ3) is 5.48. The van der Waals surface area contributed by atoms with Crippen LogP contribution in [0.25, 0.3) is 0 Å². The first-order valence-corrected chi connectivity index (χ1v) is 9.46. The van der Waals surface area contributed by atoms with Crippen molar-refractivity contribution in [3.8, 4) is 0 Å². The van der Waals surface area contributed by atoms with Gasteiger partial charge in [-0.15, -0.1) is 0 Å². The zero-order valence-electron chi connectivity index (χ0n) is 16.0. The summed E-state index contributed by atoms with van der Waals surface area (Å²) in [5.41, 5.74) is 2.35. The number of benzene rings is 1. The summed E-state index contributed by atoms with van der Waals surface area (Å²) >= 11 is 0. The van der Waals surface area contributed by atoms with Crippen LogP contribution in [0.15, 0.2) is 29.3 Å². The molecule has 1 atom stereocenters. The molecule has 25 heavy (non-hydrogen) atoms. The van der Waals surface area contributed by atoms with E-state index in [-0.39, 0.29) is 5.91 Å². The van der Waals surface area contributed by atoms with E-state index in [2.05, 4.69) is 49.4 Å². The van der Waals surface area contributed by atoms with Gasteiger partial charge in [-0.2, -0.15) is 0 Å². The second-order valence-electron chi connectivity index (χ2n) is 6.97. The highest BCUT2D eigenvalue weighted by Gasteiger charge is 2.23. The maximum atomic E-state index is 12.5. The number of carbonyl (C=O) groups excluding carboxylic acids is 1. The second-order valence-corrected chi connectivity index (χ2v) is 6.97. The average Bonchev–Trinajstić information content (AvgIpc) is 3.02. The molecule has 1 heterocycles. The number of aliphatic imine (C=N–C) groups is 1. The quantitative estimate of drug-likeness (QED) is 0.454. The van der Waals surface area contributed by atoms with Crippen molar-refractivity contribution in [1.29, 1.82) is 0 Å². The highest BCUT2D eigenvalue weighted by atomic mass is 16.2. The Hall–Kier alpha value is -2.04. The molecular weight excluding hydrogens is 312 g/mol. The Morgan fingerprint density at radius 3 is 2.76 bits per heavy atom. The summed E-state index contributed by atoms with van der Waals surface area (Å²) in [5.74, 6) is 1.58. The lowest BCUT2D eigenvalue weighted by Crippen LogP contribution is -2.44. The van der Waals surface area contributed by atoms with E-state index in [0.29, 0.717) is 24.9 Å². The minimum absolute atomic E-state index is 0.202. The molecule has 1 aliphatic heterocycles. The number of anilines is 1. The van der Waals surface area contributed by atoms with Crippen molar-refractivity contribution >= 4 is 17.6 Å². The van der Waals surface area contributed by atoms with Gasteiger partial charge in [0.2, 0.25) is 5.91 Å². The summed E-state index contributed by atoms with van der Waals surface area (Å²) in [5, 5.41) is 6.69. The van der Waals surface area contributed by atoms with Crippen molar-refractivity contribution in [3.05, 3.63) is 29.8 Å². The zero-order valence-corrected chi connectivity index (χ0v) is 16.0. The Morgan fingerprint density at radius 1 is 1.28 bits per heavy atom. The van der Waals surface area contributed by atoms with Crippen molar-refractivity contribution in [2.24, 2.45) is 10.9 Å². The summed E-state index contributed by atoms with van der Waals surface area (Å²) in [4.78, 5) is 19.0. The molecule has 0 aliphatic carbocycles. The van der Waals surface area contributed by atoms with Gasteiger partial charge in [0.05, 0.1) is 0 Å². The smallest absolute Gasteiger partial charge is 0.227 e. The Kier molecular flexibility index (Phi) is 7.29. The summed E-state index contributed by atoms with van der Waals surface area (Å²) < 4.78 is 0. The fourth-order valence-electron chi connectivity index (χ4n) is 2.86. The van der Waals surface area contributed by atoms with Gasteiger partial charge < -0.3 is 15.5 Å². The topological polar surface area (TPSA) is 56.7 Å². The van der Waals surface area contributed by atoms with Gasteiger partial charge in [0, 0.05) is 37.8 Å². The van der Waals surface area contributed by atoms with Crippen molar-refractivity contribution in [2.75, 3.05) is 24.5 Å². The number of para-hydroxylation sites is 1. The van der Waals surface area contributed by atoms with Crippen LogP contribution in [-0.2, 0) is 11.2 Å². The van der Waals surface area contributed by atoms with E-state index in [1.807, 2.05) is 23.1 Å². The maximum absolute atomic E-state index is 12.5. The van der Waals surface area contributed by atoms with Gasteiger partial charge in [-0.05, 0) is 44.2 Å². The molecular formula is C20H32N4O. The monoisotopic (exact) mass is 344 g/mol. The minimum Gasteiger partial charge on any atom is -0.357 e. The lowest BCUT2D eigenvalue weighted by atomic mass is 10.1. The van der Waals surface area contributed by atoms with Crippen LogP contribution in [0.1, 0.15) is 46.1 Å². The molecule has 2 N–H and O–H groups in total. The van der Waals surface area contributed by atoms with E-state index in [4.69, 9.17) is 0 Å². The normalized spacial score (nSPS) is 15.2. The van der Waals surface area contributed by atoms with Crippen LogP contribution in [0.2, 0.25) is 0 Å². The minimum atomic E-state index is 0.202. The van der Waals surface area contributed by atoms with Gasteiger partial charge in [0.25, 0.3) is 0 Å². The molecule has 0 radical (unpaired) electrons. The number of nitrogens with zero attached hydrogens (tertiary/aromatic N) is 2. The number of hydrogen-bond acceptors (Lipinski definition) is 2. The van der Waals surface area contributed by atoms with E-state index in [9.17, 15) is 4.79 Å². The van der Waals surface area contributed by atoms with Crippen LogP contribution in [0.5, 0.6) is 0 Å². The van der Waals surface area contributed by atoms with Crippen molar-refractivity contribution in [1.82, 2.24) is 10.6 Å². The molecule has 0 spiro atoms. The molecule has 1 unspecified atom stereocenters. The van der Waals surface area contributed by atoms with Crippen LogP contribution in [0.4, 0.5) is 5.69 Å². The number of nitrogens with one attached hydrogen (secondary N) is 2. The molecule has 138 valence electrons. The lowest BCUT2D eigenvalue weighted by molar-refractivity contribution is -0.118. The Bertz CT molecular complexity index is 597. The van der Waals surface area contributed by atoms with E-state index >= 15 is 0 Å². The standard InChI is InChI=1S/C20H32N4O/c1-5-21-20(23-16(4)15(2)3)22-13-8-11-19(25)24-14-12-17-9-6-7-10-18(17)24/h6-7,9-10,15-16H,5,8,11-14H2,1-4H3,(H2,21,22,23). The summed E-state index contributed by atoms with van der Waals surface area (Å²) in [6, 6.07) is 8.55. The molecule has 5 heteroatoms. The summed E-state index contributed by atoms with van der Waals surface area (Å²) in [6.07, 6.45) is 2.27. The van der Waals surface area contributed by atoms with Gasteiger partial charge >= 0.3 is 0 Å². The number of carbonyl (C=O) groups is 1. The zero-order chi connectivity index (χ0) is 18.2. The van der Waals surface area contributed by atoms with Crippen molar-refractivity contribution < 1.29 is 4.79 Å². The van der Waals surface area contributed by atoms with Crippen LogP contribution >= 0.6 is 0 Å². The number of guanidine groups is 1.